The molecule has 0 spiro atoms. The molecule has 0 amide bonds. The molecule has 0 aliphatic rings. The number of halogens is 1. The van der Waals surface area contributed by atoms with Crippen LogP contribution < -0.4 is 16.0 Å². The van der Waals surface area contributed by atoms with Crippen molar-refractivity contribution in [2.24, 2.45) is 5.84 Å². The van der Waals surface area contributed by atoms with Crippen LogP contribution in [0.1, 0.15) is 11.1 Å². The van der Waals surface area contributed by atoms with Crippen molar-refractivity contribution >= 4 is 27.3 Å². The number of hydrogen-bond acceptors (Lipinski definition) is 5. The van der Waals surface area contributed by atoms with E-state index >= 15 is 0 Å². The van der Waals surface area contributed by atoms with E-state index in [-0.39, 0.29) is 11.4 Å². The second-order valence-electron chi connectivity index (χ2n) is 4.45. The summed E-state index contributed by atoms with van der Waals surface area (Å²) in [6, 6.07) is 10.4. The predicted molar refractivity (Wildman–Crippen MR) is 84.1 cm³/mol. The first-order valence-corrected chi connectivity index (χ1v) is 6.93. The lowest BCUT2D eigenvalue weighted by atomic mass is 10.2. The molecule has 6 nitrogen and oxygen atoms in total. The van der Waals surface area contributed by atoms with Crippen molar-refractivity contribution in [2.45, 2.75) is 13.5 Å². The SMILES string of the molecule is Cc1cc(Br)ccc1OCc1ccc([N+](=O)[O-])c(NN)c1. The van der Waals surface area contributed by atoms with E-state index in [0.717, 1.165) is 21.3 Å². The van der Waals surface area contributed by atoms with Crippen molar-refractivity contribution in [3.63, 3.8) is 0 Å². The van der Waals surface area contributed by atoms with Gasteiger partial charge in [-0.15, -0.1) is 0 Å². The molecule has 2 aromatic carbocycles. The van der Waals surface area contributed by atoms with Crippen molar-refractivity contribution in [1.82, 2.24) is 0 Å². The molecule has 0 unspecified atom stereocenters. The minimum atomic E-state index is -0.487. The fourth-order valence-corrected chi connectivity index (χ4v) is 2.36. The van der Waals surface area contributed by atoms with Crippen molar-refractivity contribution in [1.29, 1.82) is 0 Å². The Bertz CT molecular complexity index is 677. The second-order valence-corrected chi connectivity index (χ2v) is 5.37. The minimum absolute atomic E-state index is 0.0685. The Morgan fingerprint density at radius 1 is 1.33 bits per heavy atom. The molecule has 2 rings (SSSR count). The van der Waals surface area contributed by atoms with Crippen molar-refractivity contribution in [3.8, 4) is 5.75 Å². The number of nitrogens with one attached hydrogen (secondary N) is 1. The van der Waals surface area contributed by atoms with Crippen LogP contribution in [-0.4, -0.2) is 4.92 Å². The van der Waals surface area contributed by atoms with Gasteiger partial charge in [0.15, 0.2) is 0 Å². The molecule has 2 aromatic rings. The number of rotatable bonds is 5. The highest BCUT2D eigenvalue weighted by molar-refractivity contribution is 9.10. The molecule has 0 aromatic heterocycles. The van der Waals surface area contributed by atoms with Gasteiger partial charge in [-0.2, -0.15) is 0 Å². The Morgan fingerprint density at radius 2 is 2.10 bits per heavy atom. The molecule has 0 aliphatic heterocycles. The van der Waals surface area contributed by atoms with E-state index in [1.54, 1.807) is 12.1 Å². The topological polar surface area (TPSA) is 90.4 Å². The van der Waals surface area contributed by atoms with E-state index in [9.17, 15) is 10.1 Å². The highest BCUT2D eigenvalue weighted by Crippen LogP contribution is 2.26. The molecule has 0 atom stereocenters. The number of aryl methyl sites for hydroxylation is 1. The van der Waals surface area contributed by atoms with E-state index in [0.29, 0.717) is 6.61 Å². The Morgan fingerprint density at radius 3 is 2.71 bits per heavy atom. The van der Waals surface area contributed by atoms with Crippen molar-refractivity contribution in [3.05, 3.63) is 62.1 Å². The number of benzene rings is 2. The summed E-state index contributed by atoms with van der Waals surface area (Å²) in [6.07, 6.45) is 0. The molecule has 0 bridgehead atoms. The molecule has 0 radical (unpaired) electrons. The van der Waals surface area contributed by atoms with Crippen LogP contribution >= 0.6 is 15.9 Å². The quantitative estimate of drug-likeness (QED) is 0.488. The van der Waals surface area contributed by atoms with E-state index in [1.807, 2.05) is 25.1 Å². The minimum Gasteiger partial charge on any atom is -0.489 e. The van der Waals surface area contributed by atoms with E-state index < -0.39 is 4.92 Å². The highest BCUT2D eigenvalue weighted by Gasteiger charge is 2.13. The summed E-state index contributed by atoms with van der Waals surface area (Å²) in [7, 11) is 0. The Labute approximate surface area is 130 Å². The molecule has 0 saturated heterocycles. The molecule has 0 fully saturated rings. The normalized spacial score (nSPS) is 10.2. The number of nitro benzene ring substituents is 1. The Balaban J connectivity index is 2.15. The van der Waals surface area contributed by atoms with Gasteiger partial charge in [0.05, 0.1) is 4.92 Å². The standard InChI is InChI=1S/C14H14BrN3O3/c1-9-6-11(15)3-5-14(9)21-8-10-2-4-13(18(19)20)12(7-10)17-16/h2-7,17H,8,16H2,1H3. The average molecular weight is 352 g/mol. The van der Waals surface area contributed by atoms with Gasteiger partial charge in [-0.1, -0.05) is 15.9 Å². The van der Waals surface area contributed by atoms with E-state index in [4.69, 9.17) is 10.6 Å². The Kier molecular flexibility index (Phi) is 4.77. The zero-order chi connectivity index (χ0) is 15.4. The number of nitrogen functional groups attached to an aromatic ring is 1. The summed E-state index contributed by atoms with van der Waals surface area (Å²) in [5, 5.41) is 10.8. The molecule has 3 N–H and O–H groups in total. The van der Waals surface area contributed by atoms with Crippen LogP contribution in [0.5, 0.6) is 5.75 Å². The molecule has 0 heterocycles. The molecule has 0 saturated carbocycles. The van der Waals surface area contributed by atoms with Crippen LogP contribution in [0.25, 0.3) is 0 Å². The third-order valence-corrected chi connectivity index (χ3v) is 3.44. The smallest absolute Gasteiger partial charge is 0.293 e. The maximum Gasteiger partial charge on any atom is 0.293 e. The summed E-state index contributed by atoms with van der Waals surface area (Å²) in [5.74, 6) is 6.07. The average Bonchev–Trinajstić information content (AvgIpc) is 2.45. The summed E-state index contributed by atoms with van der Waals surface area (Å²) in [4.78, 5) is 10.3. The van der Waals surface area contributed by atoms with E-state index in [2.05, 4.69) is 21.4 Å². The van der Waals surface area contributed by atoms with Crippen molar-refractivity contribution < 1.29 is 9.66 Å². The van der Waals surface area contributed by atoms with Gasteiger partial charge in [0.1, 0.15) is 18.0 Å². The highest BCUT2D eigenvalue weighted by atomic mass is 79.9. The third kappa shape index (κ3) is 3.71. The van der Waals surface area contributed by atoms with Crippen LogP contribution in [0.3, 0.4) is 0 Å². The van der Waals surface area contributed by atoms with Crippen LogP contribution in [0.4, 0.5) is 11.4 Å². The van der Waals surface area contributed by atoms with Gasteiger partial charge in [-0.05, 0) is 48.4 Å². The van der Waals surface area contributed by atoms with Gasteiger partial charge in [0.25, 0.3) is 5.69 Å². The van der Waals surface area contributed by atoms with Crippen LogP contribution in [0, 0.1) is 17.0 Å². The molecule has 110 valence electrons. The number of ether oxygens (including phenoxy) is 1. The zero-order valence-corrected chi connectivity index (χ0v) is 12.9. The number of nitrogens with zero attached hydrogens (tertiary/aromatic N) is 1. The predicted octanol–water partition coefficient (Wildman–Crippen LogP) is 3.53. The molecular weight excluding hydrogens is 338 g/mol. The fourth-order valence-electron chi connectivity index (χ4n) is 1.88. The first-order chi connectivity index (χ1) is 10.0. The lowest BCUT2D eigenvalue weighted by Gasteiger charge is -2.10. The number of hydrogen-bond donors (Lipinski definition) is 2. The third-order valence-electron chi connectivity index (χ3n) is 2.94. The van der Waals surface area contributed by atoms with Gasteiger partial charge in [-0.3, -0.25) is 16.0 Å². The molecule has 21 heavy (non-hydrogen) atoms. The first-order valence-electron chi connectivity index (χ1n) is 6.14. The first kappa shape index (κ1) is 15.3. The van der Waals surface area contributed by atoms with Gasteiger partial charge in [-0.25, -0.2) is 0 Å². The van der Waals surface area contributed by atoms with Gasteiger partial charge < -0.3 is 10.2 Å². The molecular formula is C14H14BrN3O3. The number of hydrazine groups is 1. The van der Waals surface area contributed by atoms with Gasteiger partial charge in [0, 0.05) is 10.5 Å². The van der Waals surface area contributed by atoms with Crippen LogP contribution in [-0.2, 0) is 6.61 Å². The van der Waals surface area contributed by atoms with Crippen molar-refractivity contribution in [2.75, 3.05) is 5.43 Å². The summed E-state index contributed by atoms with van der Waals surface area (Å²) in [6.45, 7) is 2.25. The molecule has 7 heteroatoms. The zero-order valence-electron chi connectivity index (χ0n) is 11.3. The summed E-state index contributed by atoms with van der Waals surface area (Å²) < 4.78 is 6.70. The lowest BCUT2D eigenvalue weighted by molar-refractivity contribution is -0.384. The van der Waals surface area contributed by atoms with Crippen LogP contribution in [0.2, 0.25) is 0 Å². The maximum atomic E-state index is 10.8. The van der Waals surface area contributed by atoms with Crippen LogP contribution in [0.15, 0.2) is 40.9 Å². The number of nitrogens with two attached hydrogens (primary N) is 1. The lowest BCUT2D eigenvalue weighted by Crippen LogP contribution is -2.10. The monoisotopic (exact) mass is 351 g/mol. The largest absolute Gasteiger partial charge is 0.489 e. The summed E-state index contributed by atoms with van der Waals surface area (Å²) in [5.41, 5.74) is 4.31. The Hall–Kier alpha value is -2.12. The maximum absolute atomic E-state index is 10.8. The van der Waals surface area contributed by atoms with Gasteiger partial charge in [0.2, 0.25) is 0 Å². The number of anilines is 1. The molecule has 0 aliphatic carbocycles. The van der Waals surface area contributed by atoms with E-state index in [1.165, 1.54) is 6.07 Å². The van der Waals surface area contributed by atoms with Gasteiger partial charge >= 0.3 is 0 Å². The fraction of sp³-hybridized carbons (Fsp3) is 0.143. The number of nitro groups is 1. The summed E-state index contributed by atoms with van der Waals surface area (Å²) >= 11 is 3.39. The second kappa shape index (κ2) is 6.55.